The molecule has 1 aromatic heterocycles. The number of hydrogen-bond donors (Lipinski definition) is 0. The molecule has 1 unspecified atom stereocenters. The third-order valence-electron chi connectivity index (χ3n) is 4.52. The van der Waals surface area contributed by atoms with Gasteiger partial charge in [-0.25, -0.2) is 4.39 Å². The number of thioether (sulfide) groups is 1. The highest BCUT2D eigenvalue weighted by Crippen LogP contribution is 2.24. The summed E-state index contributed by atoms with van der Waals surface area (Å²) in [6, 6.07) is 13.5. The molecule has 3 rings (SSSR count). The summed E-state index contributed by atoms with van der Waals surface area (Å²) in [5.41, 5.74) is 1.76. The second-order valence-electron chi connectivity index (χ2n) is 6.20. The van der Waals surface area contributed by atoms with Gasteiger partial charge in [-0.05, 0) is 48.9 Å². The molecule has 0 aliphatic heterocycles. The first-order valence-electron chi connectivity index (χ1n) is 8.68. The van der Waals surface area contributed by atoms with Gasteiger partial charge in [0, 0.05) is 12.7 Å². The summed E-state index contributed by atoms with van der Waals surface area (Å²) in [6.45, 7) is 1.91. The van der Waals surface area contributed by atoms with E-state index >= 15 is 0 Å². The lowest BCUT2D eigenvalue weighted by Crippen LogP contribution is -2.31. The van der Waals surface area contributed by atoms with Crippen LogP contribution >= 0.6 is 11.8 Å². The summed E-state index contributed by atoms with van der Waals surface area (Å²) in [5, 5.41) is 8.69. The van der Waals surface area contributed by atoms with E-state index in [9.17, 15) is 9.18 Å². The summed E-state index contributed by atoms with van der Waals surface area (Å²) >= 11 is 1.32. The van der Waals surface area contributed by atoms with Gasteiger partial charge in [0.15, 0.2) is 5.16 Å². The van der Waals surface area contributed by atoms with Gasteiger partial charge in [-0.15, -0.1) is 10.2 Å². The Labute approximate surface area is 167 Å². The molecule has 8 heteroatoms. The molecule has 0 saturated heterocycles. The summed E-state index contributed by atoms with van der Waals surface area (Å²) < 4.78 is 20.1. The van der Waals surface area contributed by atoms with Gasteiger partial charge < -0.3 is 9.64 Å². The minimum Gasteiger partial charge on any atom is -0.497 e. The van der Waals surface area contributed by atoms with Crippen LogP contribution in [0.2, 0.25) is 0 Å². The Morgan fingerprint density at radius 1 is 1.21 bits per heavy atom. The first-order valence-corrected chi connectivity index (χ1v) is 9.66. The zero-order chi connectivity index (χ0) is 20.1. The number of benzene rings is 2. The zero-order valence-electron chi connectivity index (χ0n) is 15.9. The zero-order valence-corrected chi connectivity index (χ0v) is 16.7. The molecular weight excluding hydrogens is 379 g/mol. The van der Waals surface area contributed by atoms with E-state index in [-0.39, 0.29) is 23.5 Å². The molecule has 1 atom stereocenters. The molecule has 6 nitrogen and oxygen atoms in total. The van der Waals surface area contributed by atoms with Gasteiger partial charge in [0.25, 0.3) is 0 Å². The molecule has 28 heavy (non-hydrogen) atoms. The Morgan fingerprint density at radius 2 is 1.89 bits per heavy atom. The predicted molar refractivity (Wildman–Crippen MR) is 106 cm³/mol. The van der Waals surface area contributed by atoms with Gasteiger partial charge in [-0.1, -0.05) is 23.9 Å². The normalized spacial score (nSPS) is 11.9. The third kappa shape index (κ3) is 4.51. The molecule has 2 aromatic carbocycles. The van der Waals surface area contributed by atoms with Crippen molar-refractivity contribution in [1.29, 1.82) is 0 Å². The number of halogens is 1. The number of carbonyl (C=O) groups excluding carboxylic acids is 1. The molecule has 0 aliphatic carbocycles. The average molecular weight is 400 g/mol. The van der Waals surface area contributed by atoms with Crippen molar-refractivity contribution in [3.63, 3.8) is 0 Å². The van der Waals surface area contributed by atoms with Crippen LogP contribution in [0.25, 0.3) is 5.69 Å². The van der Waals surface area contributed by atoms with Gasteiger partial charge in [-0.3, -0.25) is 9.36 Å². The lowest BCUT2D eigenvalue weighted by Gasteiger charge is -2.25. The molecular formula is C20H21FN4O2S. The van der Waals surface area contributed by atoms with Crippen molar-refractivity contribution < 1.29 is 13.9 Å². The predicted octanol–water partition coefficient (Wildman–Crippen LogP) is 3.73. The van der Waals surface area contributed by atoms with Crippen LogP contribution in [0.5, 0.6) is 5.75 Å². The van der Waals surface area contributed by atoms with E-state index in [4.69, 9.17) is 4.74 Å². The highest BCUT2D eigenvalue weighted by Gasteiger charge is 2.19. The molecule has 1 heterocycles. The monoisotopic (exact) mass is 400 g/mol. The topological polar surface area (TPSA) is 60.2 Å². The fourth-order valence-electron chi connectivity index (χ4n) is 2.65. The lowest BCUT2D eigenvalue weighted by molar-refractivity contribution is -0.128. The Morgan fingerprint density at radius 3 is 2.54 bits per heavy atom. The molecule has 3 aromatic rings. The standard InChI is InChI=1S/C20H21FN4O2S/c1-14(15-4-6-16(21)7-5-15)24(2)19(26)12-28-20-23-22-13-25(20)17-8-10-18(27-3)11-9-17/h4-11,13-14H,12H2,1-3H3. The van der Waals surface area contributed by atoms with E-state index in [1.165, 1.54) is 23.9 Å². The highest BCUT2D eigenvalue weighted by molar-refractivity contribution is 7.99. The van der Waals surface area contributed by atoms with Gasteiger partial charge in [0.1, 0.15) is 17.9 Å². The van der Waals surface area contributed by atoms with Crippen LogP contribution in [0.4, 0.5) is 4.39 Å². The van der Waals surface area contributed by atoms with Gasteiger partial charge in [0.05, 0.1) is 18.9 Å². The molecule has 0 saturated carbocycles. The fourth-order valence-corrected chi connectivity index (χ4v) is 3.50. The summed E-state index contributed by atoms with van der Waals surface area (Å²) in [4.78, 5) is 14.3. The van der Waals surface area contributed by atoms with Crippen molar-refractivity contribution in [2.45, 2.75) is 18.1 Å². The SMILES string of the molecule is COc1ccc(-n2cnnc2SCC(=O)N(C)C(C)c2ccc(F)cc2)cc1. The van der Waals surface area contributed by atoms with Crippen LogP contribution < -0.4 is 4.74 Å². The van der Waals surface area contributed by atoms with Gasteiger partial charge >= 0.3 is 0 Å². The van der Waals surface area contributed by atoms with Crippen LogP contribution in [0.3, 0.4) is 0 Å². The summed E-state index contributed by atoms with van der Waals surface area (Å²) in [6.07, 6.45) is 1.61. The van der Waals surface area contributed by atoms with E-state index in [0.717, 1.165) is 17.0 Å². The van der Waals surface area contributed by atoms with Crippen molar-refractivity contribution in [2.75, 3.05) is 19.9 Å². The minimum absolute atomic E-state index is 0.0499. The number of aromatic nitrogens is 3. The smallest absolute Gasteiger partial charge is 0.233 e. The van der Waals surface area contributed by atoms with Crippen molar-refractivity contribution in [3.05, 3.63) is 66.2 Å². The van der Waals surface area contributed by atoms with Crippen molar-refractivity contribution in [2.24, 2.45) is 0 Å². The first kappa shape index (κ1) is 19.9. The molecule has 0 spiro atoms. The average Bonchev–Trinajstić information content (AvgIpc) is 3.20. The summed E-state index contributed by atoms with van der Waals surface area (Å²) in [5.74, 6) is 0.638. The van der Waals surface area contributed by atoms with Crippen LogP contribution in [0.1, 0.15) is 18.5 Å². The number of carbonyl (C=O) groups is 1. The maximum absolute atomic E-state index is 13.1. The van der Waals surface area contributed by atoms with Crippen molar-refractivity contribution >= 4 is 17.7 Å². The maximum Gasteiger partial charge on any atom is 0.233 e. The lowest BCUT2D eigenvalue weighted by atomic mass is 10.1. The van der Waals surface area contributed by atoms with E-state index in [1.54, 1.807) is 37.5 Å². The van der Waals surface area contributed by atoms with E-state index in [2.05, 4.69) is 10.2 Å². The number of nitrogens with zero attached hydrogens (tertiary/aromatic N) is 4. The quantitative estimate of drug-likeness (QED) is 0.566. The molecule has 0 fully saturated rings. The van der Waals surface area contributed by atoms with Gasteiger partial charge in [-0.2, -0.15) is 0 Å². The van der Waals surface area contributed by atoms with E-state index < -0.39 is 0 Å². The second-order valence-corrected chi connectivity index (χ2v) is 7.14. The summed E-state index contributed by atoms with van der Waals surface area (Å²) in [7, 11) is 3.36. The Kier molecular flexibility index (Phi) is 6.30. The highest BCUT2D eigenvalue weighted by atomic mass is 32.2. The van der Waals surface area contributed by atoms with Crippen molar-refractivity contribution in [1.82, 2.24) is 19.7 Å². The Bertz CT molecular complexity index is 928. The van der Waals surface area contributed by atoms with Crippen LogP contribution in [0, 0.1) is 5.82 Å². The number of amides is 1. The Hall–Kier alpha value is -2.87. The first-order chi connectivity index (χ1) is 13.5. The Balaban J connectivity index is 1.64. The number of rotatable bonds is 7. The largest absolute Gasteiger partial charge is 0.497 e. The van der Waals surface area contributed by atoms with Crippen LogP contribution in [-0.2, 0) is 4.79 Å². The molecule has 0 bridgehead atoms. The molecule has 0 aliphatic rings. The fraction of sp³-hybridized carbons (Fsp3) is 0.250. The maximum atomic E-state index is 13.1. The molecule has 1 amide bonds. The van der Waals surface area contributed by atoms with Crippen molar-refractivity contribution in [3.8, 4) is 11.4 Å². The minimum atomic E-state index is -0.293. The van der Waals surface area contributed by atoms with Crippen LogP contribution in [-0.4, -0.2) is 45.5 Å². The third-order valence-corrected chi connectivity index (χ3v) is 5.45. The number of ether oxygens (including phenoxy) is 1. The van der Waals surface area contributed by atoms with E-state index in [0.29, 0.717) is 5.16 Å². The van der Waals surface area contributed by atoms with E-state index in [1.807, 2.05) is 35.8 Å². The second kappa shape index (κ2) is 8.88. The molecule has 0 radical (unpaired) electrons. The number of methoxy groups -OCH3 is 1. The number of hydrogen-bond acceptors (Lipinski definition) is 5. The van der Waals surface area contributed by atoms with Gasteiger partial charge in [0.2, 0.25) is 5.91 Å². The molecule has 146 valence electrons. The molecule has 0 N–H and O–H groups in total. The van der Waals surface area contributed by atoms with Crippen LogP contribution in [0.15, 0.2) is 60.0 Å².